The quantitative estimate of drug-likeness (QED) is 0.294. The fraction of sp³-hybridized carbons (Fsp3) is 0.750. The summed E-state index contributed by atoms with van der Waals surface area (Å²) in [5.41, 5.74) is 0.176. The van der Waals surface area contributed by atoms with Crippen LogP contribution >= 0.6 is 0 Å². The number of carbonyl (C=O) groups is 1. The number of carboxylic acids is 1. The minimum Gasteiger partial charge on any atom is -0.478 e. The van der Waals surface area contributed by atoms with Crippen LogP contribution in [0.2, 0.25) is 0 Å². The number of ether oxygens (including phenoxy) is 3. The van der Waals surface area contributed by atoms with E-state index in [9.17, 15) is 4.79 Å². The monoisotopic (exact) mass is 280 g/mol. The first-order chi connectivity index (χ1) is 8.95. The molecule has 0 radical (unpaired) electrons. The molecule has 0 saturated carbocycles. The molecule has 0 aromatic rings. The van der Waals surface area contributed by atoms with Gasteiger partial charge in [-0.3, -0.25) is 0 Å². The zero-order chi connectivity index (χ0) is 15.1. The van der Waals surface area contributed by atoms with Crippen LogP contribution in [0.1, 0.15) is 13.8 Å². The molecule has 0 rings (SSSR count). The summed E-state index contributed by atoms with van der Waals surface area (Å²) in [6.45, 7) is 8.16. The molecule has 0 heterocycles. The van der Waals surface area contributed by atoms with Crippen molar-refractivity contribution in [2.24, 2.45) is 0 Å². The predicted octanol–water partition coefficient (Wildman–Crippen LogP) is 0.0139. The van der Waals surface area contributed by atoms with Gasteiger partial charge in [0.05, 0.1) is 33.0 Å². The Bertz CT molecular complexity index is 218. The summed E-state index contributed by atoms with van der Waals surface area (Å²) < 4.78 is 14.8. The zero-order valence-electron chi connectivity index (χ0n) is 11.5. The molecule has 0 spiro atoms. The van der Waals surface area contributed by atoms with Gasteiger partial charge in [0.15, 0.2) is 6.29 Å². The van der Waals surface area contributed by atoms with Gasteiger partial charge < -0.3 is 29.5 Å². The van der Waals surface area contributed by atoms with E-state index in [1.165, 1.54) is 6.92 Å². The molecule has 114 valence electrons. The van der Waals surface area contributed by atoms with Crippen LogP contribution in [0.15, 0.2) is 12.2 Å². The smallest absolute Gasteiger partial charge is 0.330 e. The summed E-state index contributed by atoms with van der Waals surface area (Å²) in [4.78, 5) is 9.60. The number of aliphatic carboxylic acids is 1. The van der Waals surface area contributed by atoms with Gasteiger partial charge in [-0.05, 0) is 13.8 Å². The van der Waals surface area contributed by atoms with E-state index < -0.39 is 12.3 Å². The second-order valence-electron chi connectivity index (χ2n) is 3.41. The van der Waals surface area contributed by atoms with Crippen molar-refractivity contribution < 1.29 is 34.3 Å². The fourth-order valence-electron chi connectivity index (χ4n) is 0.709. The van der Waals surface area contributed by atoms with Gasteiger partial charge in [0, 0.05) is 12.2 Å². The average Bonchev–Trinajstić information content (AvgIpc) is 2.34. The normalized spacial score (nSPS) is 11.4. The lowest BCUT2D eigenvalue weighted by atomic mass is 10.4. The third kappa shape index (κ3) is 19.5. The van der Waals surface area contributed by atoms with E-state index in [-0.39, 0.29) is 18.8 Å². The average molecular weight is 280 g/mol. The lowest BCUT2D eigenvalue weighted by Gasteiger charge is -2.10. The Morgan fingerprint density at radius 1 is 1.26 bits per heavy atom. The highest BCUT2D eigenvalue weighted by atomic mass is 16.6. The van der Waals surface area contributed by atoms with Crippen LogP contribution in [0.4, 0.5) is 0 Å². The lowest BCUT2D eigenvalue weighted by molar-refractivity contribution is -0.137. The highest BCUT2D eigenvalue weighted by Gasteiger charge is 2.01. The Balaban J connectivity index is 0. The Kier molecular flexibility index (Phi) is 16.1. The number of carboxylic acid groups (broad SMARTS) is 1. The van der Waals surface area contributed by atoms with E-state index in [0.29, 0.717) is 26.4 Å². The number of rotatable bonds is 10. The van der Waals surface area contributed by atoms with Gasteiger partial charge in [-0.2, -0.15) is 0 Å². The molecule has 0 aromatic carbocycles. The van der Waals surface area contributed by atoms with Crippen LogP contribution in [-0.2, 0) is 19.0 Å². The fourth-order valence-corrected chi connectivity index (χ4v) is 0.709. The van der Waals surface area contributed by atoms with E-state index in [2.05, 4.69) is 6.58 Å². The van der Waals surface area contributed by atoms with Crippen molar-refractivity contribution >= 4 is 5.97 Å². The minimum atomic E-state index is -0.935. The van der Waals surface area contributed by atoms with Crippen molar-refractivity contribution in [1.29, 1.82) is 0 Å². The molecular formula is C12H24O7. The number of aliphatic hydroxyl groups excluding tert-OH is 2. The topological polar surface area (TPSA) is 105 Å². The highest BCUT2D eigenvalue weighted by molar-refractivity contribution is 5.84. The van der Waals surface area contributed by atoms with Crippen LogP contribution in [0, 0.1) is 0 Å². The lowest BCUT2D eigenvalue weighted by Crippen LogP contribution is -2.20. The van der Waals surface area contributed by atoms with Crippen molar-refractivity contribution in [3.8, 4) is 0 Å². The Morgan fingerprint density at radius 3 is 2.21 bits per heavy atom. The number of aliphatic hydroxyl groups is 2. The summed E-state index contributed by atoms with van der Waals surface area (Å²) in [6.07, 6.45) is -0.858. The van der Waals surface area contributed by atoms with Gasteiger partial charge >= 0.3 is 5.97 Å². The molecule has 0 amide bonds. The van der Waals surface area contributed by atoms with Crippen LogP contribution in [-0.4, -0.2) is 67.2 Å². The van der Waals surface area contributed by atoms with Gasteiger partial charge in [-0.15, -0.1) is 0 Å². The first kappa shape index (κ1) is 20.3. The third-order valence-electron chi connectivity index (χ3n) is 1.59. The molecule has 0 fully saturated rings. The van der Waals surface area contributed by atoms with E-state index in [4.69, 9.17) is 29.5 Å². The van der Waals surface area contributed by atoms with Crippen molar-refractivity contribution in [2.45, 2.75) is 20.1 Å². The maximum absolute atomic E-state index is 9.60. The molecule has 0 aromatic heterocycles. The molecule has 0 aliphatic heterocycles. The van der Waals surface area contributed by atoms with E-state index in [1.54, 1.807) is 6.92 Å². The van der Waals surface area contributed by atoms with Crippen LogP contribution < -0.4 is 0 Å². The highest BCUT2D eigenvalue weighted by Crippen LogP contribution is 1.88. The summed E-state index contributed by atoms with van der Waals surface area (Å²) in [5.74, 6) is -0.935. The molecule has 19 heavy (non-hydrogen) atoms. The molecule has 0 bridgehead atoms. The van der Waals surface area contributed by atoms with Crippen molar-refractivity contribution in [3.05, 3.63) is 12.2 Å². The second kappa shape index (κ2) is 15.1. The molecule has 3 N–H and O–H groups in total. The van der Waals surface area contributed by atoms with Crippen LogP contribution in [0.3, 0.4) is 0 Å². The summed E-state index contributed by atoms with van der Waals surface area (Å²) in [5, 5.41) is 25.3. The number of hydrogen-bond donors (Lipinski definition) is 3. The number of hydrogen-bond acceptors (Lipinski definition) is 6. The summed E-state index contributed by atoms with van der Waals surface area (Å²) in [6, 6.07) is 0. The third-order valence-corrected chi connectivity index (χ3v) is 1.59. The van der Waals surface area contributed by atoms with Gasteiger partial charge in [0.25, 0.3) is 0 Å². The summed E-state index contributed by atoms with van der Waals surface area (Å²) >= 11 is 0. The van der Waals surface area contributed by atoms with Crippen LogP contribution in [0.5, 0.6) is 0 Å². The van der Waals surface area contributed by atoms with Crippen molar-refractivity contribution in [2.75, 3.05) is 39.6 Å². The SMILES string of the molecule is C=C(C)C(=O)O.CCOC(O)COCCOCCO. The van der Waals surface area contributed by atoms with Gasteiger partial charge in [0.1, 0.15) is 0 Å². The first-order valence-corrected chi connectivity index (χ1v) is 5.90. The Morgan fingerprint density at radius 2 is 1.79 bits per heavy atom. The van der Waals surface area contributed by atoms with Crippen molar-refractivity contribution in [1.82, 2.24) is 0 Å². The van der Waals surface area contributed by atoms with Gasteiger partial charge in [-0.1, -0.05) is 6.58 Å². The van der Waals surface area contributed by atoms with E-state index in [1.807, 2.05) is 0 Å². The Hall–Kier alpha value is -0.990. The standard InChI is InChI=1S/C8H18O5.C4H6O2/c1-2-13-8(10)7-12-6-5-11-4-3-9;1-3(2)4(5)6/h8-10H,2-7H2,1H3;1H2,2H3,(H,5,6). The van der Waals surface area contributed by atoms with Crippen molar-refractivity contribution in [3.63, 3.8) is 0 Å². The predicted molar refractivity (Wildman–Crippen MR) is 68.8 cm³/mol. The summed E-state index contributed by atoms with van der Waals surface area (Å²) in [7, 11) is 0. The molecule has 0 aliphatic carbocycles. The second-order valence-corrected chi connectivity index (χ2v) is 3.41. The van der Waals surface area contributed by atoms with Gasteiger partial charge in [-0.25, -0.2) is 4.79 Å². The molecule has 1 unspecified atom stereocenters. The Labute approximate surface area is 113 Å². The van der Waals surface area contributed by atoms with Gasteiger partial charge in [0.2, 0.25) is 0 Å². The van der Waals surface area contributed by atoms with E-state index in [0.717, 1.165) is 0 Å². The molecule has 0 aliphatic rings. The minimum absolute atomic E-state index is 0.0154. The molecule has 7 heteroatoms. The molecule has 7 nitrogen and oxygen atoms in total. The zero-order valence-corrected chi connectivity index (χ0v) is 11.5. The molecular weight excluding hydrogens is 256 g/mol. The maximum atomic E-state index is 9.60. The largest absolute Gasteiger partial charge is 0.478 e. The molecule has 0 saturated heterocycles. The molecule has 1 atom stereocenters. The van der Waals surface area contributed by atoms with E-state index >= 15 is 0 Å². The first-order valence-electron chi connectivity index (χ1n) is 5.90. The maximum Gasteiger partial charge on any atom is 0.330 e. The van der Waals surface area contributed by atoms with Crippen LogP contribution in [0.25, 0.3) is 0 Å².